The Morgan fingerprint density at radius 1 is 0.581 bits per heavy atom. The Bertz CT molecular complexity index is 620. The molecule has 7 heteroatoms. The summed E-state index contributed by atoms with van der Waals surface area (Å²) in [5.74, 6) is 0.0672. The summed E-state index contributed by atoms with van der Waals surface area (Å²) in [5.41, 5.74) is 0. The van der Waals surface area contributed by atoms with Gasteiger partial charge in [0.05, 0.1) is 19.1 Å². The summed E-state index contributed by atoms with van der Waals surface area (Å²) < 4.78 is 11.0. The van der Waals surface area contributed by atoms with E-state index in [1.807, 2.05) is 0 Å². The Balaban J connectivity index is 3.79. The van der Waals surface area contributed by atoms with Crippen molar-refractivity contribution in [1.29, 1.82) is 0 Å². The number of halogens is 1. The minimum atomic E-state index is -0.0352. The highest BCUT2D eigenvalue weighted by atomic mass is 127. The lowest BCUT2D eigenvalue weighted by atomic mass is 10.00. The van der Waals surface area contributed by atoms with Crippen LogP contribution in [0.15, 0.2) is 0 Å². The molecule has 6 nitrogen and oxygen atoms in total. The van der Waals surface area contributed by atoms with E-state index in [4.69, 9.17) is 9.47 Å². The largest absolute Gasteiger partial charge is 0.465 e. The number of carbonyl (C=O) groups is 2. The number of rotatable bonds is 33. The summed E-state index contributed by atoms with van der Waals surface area (Å²) in [5, 5.41) is 9.19. The van der Waals surface area contributed by atoms with E-state index in [0.717, 1.165) is 90.0 Å². The van der Waals surface area contributed by atoms with Gasteiger partial charge in [-0.1, -0.05) is 133 Å². The van der Waals surface area contributed by atoms with Crippen LogP contribution in [-0.2, 0) is 19.1 Å². The summed E-state index contributed by atoms with van der Waals surface area (Å²) in [6, 6.07) is 0. The number of carbonyl (C=O) groups excluding carboxylic acids is 2. The minimum Gasteiger partial charge on any atom is -0.465 e. The second-order valence-corrected chi connectivity index (χ2v) is 13.9. The molecular formula is C36H70INO5. The summed E-state index contributed by atoms with van der Waals surface area (Å²) >= 11 is 2.21. The average molecular weight is 724 g/mol. The molecule has 0 aliphatic carbocycles. The normalized spacial score (nSPS) is 12.9. The number of aliphatic hydroxyl groups excluding tert-OH is 1. The van der Waals surface area contributed by atoms with E-state index in [0.29, 0.717) is 19.8 Å². The number of alkyl halides is 1. The Morgan fingerprint density at radius 3 is 1.47 bits per heavy atom. The summed E-state index contributed by atoms with van der Waals surface area (Å²) in [6.07, 6.45) is 26.1. The quantitative estimate of drug-likeness (QED) is 0.0315. The molecule has 2 atom stereocenters. The zero-order valence-electron chi connectivity index (χ0n) is 28.6. The van der Waals surface area contributed by atoms with Crippen LogP contribution < -0.4 is 0 Å². The predicted molar refractivity (Wildman–Crippen MR) is 190 cm³/mol. The van der Waals surface area contributed by atoms with Crippen LogP contribution in [0.5, 0.6) is 0 Å². The van der Waals surface area contributed by atoms with Crippen LogP contribution in [0.25, 0.3) is 0 Å². The molecule has 0 bridgehead atoms. The minimum absolute atomic E-state index is 0.00923. The maximum Gasteiger partial charge on any atom is 0.318 e. The van der Waals surface area contributed by atoms with Gasteiger partial charge in [-0.25, -0.2) is 0 Å². The predicted octanol–water partition coefficient (Wildman–Crippen LogP) is 9.82. The molecule has 0 aromatic rings. The summed E-state index contributed by atoms with van der Waals surface area (Å²) in [6.45, 7) is 11.3. The molecule has 43 heavy (non-hydrogen) atoms. The van der Waals surface area contributed by atoms with Crippen LogP contribution >= 0.6 is 22.6 Å². The number of unbranched alkanes of at least 4 members (excludes halogenated alkanes) is 15. The fourth-order valence-corrected chi connectivity index (χ4v) is 6.04. The van der Waals surface area contributed by atoms with Gasteiger partial charge in [-0.2, -0.15) is 0 Å². The van der Waals surface area contributed by atoms with E-state index in [1.165, 1.54) is 77.3 Å². The lowest BCUT2D eigenvalue weighted by Gasteiger charge is -2.22. The van der Waals surface area contributed by atoms with Gasteiger partial charge in [-0.15, -0.1) is 0 Å². The lowest BCUT2D eigenvalue weighted by Crippen LogP contribution is -2.27. The molecule has 0 radical (unpaired) electrons. The molecule has 0 spiro atoms. The maximum atomic E-state index is 12.2. The van der Waals surface area contributed by atoms with Gasteiger partial charge in [-0.05, 0) is 77.4 Å². The molecule has 256 valence electrons. The molecule has 0 amide bonds. The van der Waals surface area contributed by atoms with Crippen LogP contribution in [0.3, 0.4) is 0 Å². The van der Waals surface area contributed by atoms with Crippen molar-refractivity contribution in [3.63, 3.8) is 0 Å². The van der Waals surface area contributed by atoms with Crippen molar-refractivity contribution in [3.05, 3.63) is 0 Å². The number of hydrogen-bond donors (Lipinski definition) is 1. The zero-order chi connectivity index (χ0) is 31.8. The molecular weight excluding hydrogens is 653 g/mol. The number of aliphatic hydroxyl groups is 1. The first kappa shape index (κ1) is 42.6. The summed E-state index contributed by atoms with van der Waals surface area (Å²) in [7, 11) is 0. The highest BCUT2D eigenvalue weighted by Crippen LogP contribution is 2.16. The van der Waals surface area contributed by atoms with Crippen molar-refractivity contribution in [2.24, 2.45) is 5.92 Å². The van der Waals surface area contributed by atoms with Crippen molar-refractivity contribution in [3.8, 4) is 0 Å². The number of nitrogens with zero attached hydrogens (tertiary/aromatic N) is 1. The molecule has 0 heterocycles. The van der Waals surface area contributed by atoms with Crippen molar-refractivity contribution >= 4 is 34.5 Å². The van der Waals surface area contributed by atoms with Gasteiger partial charge in [0.2, 0.25) is 0 Å². The fraction of sp³-hybridized carbons (Fsp3) is 0.944. The molecule has 0 saturated heterocycles. The first-order valence-corrected chi connectivity index (χ1v) is 19.5. The van der Waals surface area contributed by atoms with Crippen LogP contribution in [0, 0.1) is 5.92 Å². The Morgan fingerprint density at radius 2 is 1.00 bits per heavy atom. The topological polar surface area (TPSA) is 76.1 Å². The fourth-order valence-electron chi connectivity index (χ4n) is 5.42. The van der Waals surface area contributed by atoms with E-state index >= 15 is 0 Å². The van der Waals surface area contributed by atoms with Gasteiger partial charge in [-0.3, -0.25) is 9.59 Å². The molecule has 0 rings (SSSR count). The Labute approximate surface area is 280 Å². The van der Waals surface area contributed by atoms with Crippen LogP contribution in [0.1, 0.15) is 168 Å². The summed E-state index contributed by atoms with van der Waals surface area (Å²) in [4.78, 5) is 26.8. The van der Waals surface area contributed by atoms with Gasteiger partial charge in [0.15, 0.2) is 0 Å². The SMILES string of the molecule is CCCCC(I)C(=O)OCCCCCCCCCN(CCCCO)CCCCCCCCCOC(=O)C(CC)CCCC. The van der Waals surface area contributed by atoms with Gasteiger partial charge < -0.3 is 19.5 Å². The lowest BCUT2D eigenvalue weighted by molar-refractivity contribution is -0.149. The molecule has 1 N–H and O–H groups in total. The van der Waals surface area contributed by atoms with Gasteiger partial charge in [0, 0.05) is 6.61 Å². The zero-order valence-corrected chi connectivity index (χ0v) is 30.7. The maximum absolute atomic E-state index is 12.2. The Kier molecular flexibility index (Phi) is 32.7. The molecule has 0 aliphatic rings. The van der Waals surface area contributed by atoms with Crippen molar-refractivity contribution < 1.29 is 24.2 Å². The first-order valence-electron chi connectivity index (χ1n) is 18.3. The van der Waals surface area contributed by atoms with Crippen LogP contribution in [0.2, 0.25) is 0 Å². The van der Waals surface area contributed by atoms with Crippen molar-refractivity contribution in [2.75, 3.05) is 39.5 Å². The number of ether oxygens (including phenoxy) is 2. The number of hydrogen-bond acceptors (Lipinski definition) is 6. The number of esters is 2. The molecule has 0 fully saturated rings. The van der Waals surface area contributed by atoms with Crippen LogP contribution in [0.4, 0.5) is 0 Å². The molecule has 2 unspecified atom stereocenters. The van der Waals surface area contributed by atoms with Crippen molar-refractivity contribution in [2.45, 2.75) is 172 Å². The molecule has 0 aromatic carbocycles. The second-order valence-electron chi connectivity index (χ2n) is 12.4. The third-order valence-electron chi connectivity index (χ3n) is 8.41. The van der Waals surface area contributed by atoms with Gasteiger partial charge in [0.25, 0.3) is 0 Å². The van der Waals surface area contributed by atoms with Crippen LogP contribution in [-0.4, -0.2) is 65.3 Å². The monoisotopic (exact) mass is 723 g/mol. The Hall–Kier alpha value is -0.410. The van der Waals surface area contributed by atoms with E-state index in [1.54, 1.807) is 0 Å². The molecule has 0 aliphatic heterocycles. The average Bonchev–Trinajstić information content (AvgIpc) is 3.01. The van der Waals surface area contributed by atoms with E-state index in [-0.39, 0.29) is 21.8 Å². The molecule has 0 aromatic heterocycles. The third kappa shape index (κ3) is 27.6. The second kappa shape index (κ2) is 33.0. The van der Waals surface area contributed by atoms with E-state index in [2.05, 4.69) is 48.3 Å². The smallest absolute Gasteiger partial charge is 0.318 e. The van der Waals surface area contributed by atoms with Gasteiger partial charge >= 0.3 is 11.9 Å². The van der Waals surface area contributed by atoms with E-state index < -0.39 is 0 Å². The van der Waals surface area contributed by atoms with Gasteiger partial charge in [0.1, 0.15) is 3.92 Å². The van der Waals surface area contributed by atoms with Crippen molar-refractivity contribution in [1.82, 2.24) is 4.90 Å². The third-order valence-corrected chi connectivity index (χ3v) is 9.54. The first-order chi connectivity index (χ1) is 21.0. The molecule has 0 saturated carbocycles. The van der Waals surface area contributed by atoms with E-state index in [9.17, 15) is 14.7 Å². The highest BCUT2D eigenvalue weighted by Gasteiger charge is 2.17. The standard InChI is InChI=1S/C36H70INO5/c1-4-7-25-33(6-3)35(40)42-31-23-17-13-9-11-15-19-27-38(29-21-22-30-39)28-20-16-12-10-14-18-24-32-43-36(41)34(37)26-8-5-2/h33-34,39H,4-32H2,1-3H3. The highest BCUT2D eigenvalue weighted by molar-refractivity contribution is 14.1.